The summed E-state index contributed by atoms with van der Waals surface area (Å²) in [6.45, 7) is 6.11. The second-order valence-corrected chi connectivity index (χ2v) is 5.76. The number of hydrogen-bond acceptors (Lipinski definition) is 6. The number of aromatic nitrogens is 5. The zero-order chi connectivity index (χ0) is 15.0. The van der Waals surface area contributed by atoms with E-state index in [4.69, 9.17) is 11.6 Å². The first kappa shape index (κ1) is 14.2. The van der Waals surface area contributed by atoms with E-state index in [0.29, 0.717) is 24.0 Å². The average molecular weight is 308 g/mol. The summed E-state index contributed by atoms with van der Waals surface area (Å²) in [5, 5.41) is 4.32. The maximum atomic E-state index is 6.05. The Labute approximate surface area is 128 Å². The Balaban J connectivity index is 1.92. The third-order valence-electron chi connectivity index (χ3n) is 3.94. The van der Waals surface area contributed by atoms with Crippen LogP contribution in [0.1, 0.15) is 13.8 Å². The smallest absolute Gasteiger partial charge is 0.256 e. The lowest BCUT2D eigenvalue weighted by molar-refractivity contribution is 0.169. The minimum absolute atomic E-state index is 0.185. The molecule has 0 aliphatic carbocycles. The first-order valence-corrected chi connectivity index (χ1v) is 7.31. The predicted molar refractivity (Wildman–Crippen MR) is 80.9 cm³/mol. The van der Waals surface area contributed by atoms with E-state index in [-0.39, 0.29) is 5.28 Å². The van der Waals surface area contributed by atoms with Crippen molar-refractivity contribution >= 4 is 17.5 Å². The Morgan fingerprint density at radius 1 is 1.10 bits per heavy atom. The van der Waals surface area contributed by atoms with Gasteiger partial charge in [0.1, 0.15) is 0 Å². The molecule has 21 heavy (non-hydrogen) atoms. The quantitative estimate of drug-likeness (QED) is 0.832. The van der Waals surface area contributed by atoms with Gasteiger partial charge in [-0.15, -0.1) is 0 Å². The third-order valence-corrected chi connectivity index (χ3v) is 4.11. The minimum atomic E-state index is 0.185. The normalized spacial score (nSPS) is 23.5. The number of rotatable bonds is 2. The van der Waals surface area contributed by atoms with Crippen molar-refractivity contribution in [3.63, 3.8) is 0 Å². The van der Waals surface area contributed by atoms with Crippen molar-refractivity contribution in [3.8, 4) is 5.95 Å². The molecular formula is C13H18ClN7. The van der Waals surface area contributed by atoms with Crippen molar-refractivity contribution in [1.29, 1.82) is 0 Å². The van der Waals surface area contributed by atoms with E-state index in [0.717, 1.165) is 13.1 Å². The maximum absolute atomic E-state index is 6.05. The molecule has 0 N–H and O–H groups in total. The molecule has 0 radical (unpaired) electrons. The number of nitrogens with zero attached hydrogens (tertiary/aromatic N) is 7. The largest absolute Gasteiger partial charge is 0.338 e. The Hall–Kier alpha value is -1.73. The molecule has 0 saturated carbocycles. The first-order chi connectivity index (χ1) is 10.0. The fourth-order valence-corrected chi connectivity index (χ4v) is 2.68. The van der Waals surface area contributed by atoms with Crippen LogP contribution in [0.15, 0.2) is 18.5 Å². The van der Waals surface area contributed by atoms with E-state index in [2.05, 4.69) is 50.7 Å². The molecule has 0 bridgehead atoms. The summed E-state index contributed by atoms with van der Waals surface area (Å²) in [6, 6.07) is 2.67. The minimum Gasteiger partial charge on any atom is -0.338 e. The van der Waals surface area contributed by atoms with E-state index in [1.54, 1.807) is 17.1 Å². The lowest BCUT2D eigenvalue weighted by atomic mass is 10.1. The molecule has 1 fully saturated rings. The van der Waals surface area contributed by atoms with Crippen molar-refractivity contribution in [2.45, 2.75) is 25.9 Å². The van der Waals surface area contributed by atoms with Crippen LogP contribution in [0.25, 0.3) is 5.95 Å². The van der Waals surface area contributed by atoms with Gasteiger partial charge in [0.15, 0.2) is 0 Å². The van der Waals surface area contributed by atoms with Gasteiger partial charge >= 0.3 is 0 Å². The highest BCUT2D eigenvalue weighted by Crippen LogP contribution is 2.19. The van der Waals surface area contributed by atoms with Gasteiger partial charge < -0.3 is 4.90 Å². The van der Waals surface area contributed by atoms with Gasteiger partial charge in [0.2, 0.25) is 11.2 Å². The zero-order valence-electron chi connectivity index (χ0n) is 12.3. The van der Waals surface area contributed by atoms with Crippen LogP contribution in [-0.4, -0.2) is 61.9 Å². The lowest BCUT2D eigenvalue weighted by Crippen LogP contribution is -2.55. The molecule has 1 aliphatic heterocycles. The SMILES string of the molecule is CC1CN(c2nc(Cl)nc(-n3cccn3)n2)CC(C)N1C. The van der Waals surface area contributed by atoms with E-state index >= 15 is 0 Å². The molecule has 2 aromatic rings. The Bertz CT molecular complexity index is 603. The first-order valence-electron chi connectivity index (χ1n) is 6.93. The van der Waals surface area contributed by atoms with Crippen LogP contribution >= 0.6 is 11.6 Å². The molecule has 2 unspecified atom stereocenters. The van der Waals surface area contributed by atoms with Gasteiger partial charge in [-0.3, -0.25) is 4.90 Å². The van der Waals surface area contributed by atoms with E-state index in [9.17, 15) is 0 Å². The number of hydrogen-bond donors (Lipinski definition) is 0. The average Bonchev–Trinajstić information content (AvgIpc) is 2.97. The van der Waals surface area contributed by atoms with Crippen LogP contribution in [-0.2, 0) is 0 Å². The van der Waals surface area contributed by atoms with Gasteiger partial charge in [-0.2, -0.15) is 20.1 Å². The molecule has 0 aromatic carbocycles. The summed E-state index contributed by atoms with van der Waals surface area (Å²) in [5.74, 6) is 1.04. The highest BCUT2D eigenvalue weighted by Gasteiger charge is 2.28. The summed E-state index contributed by atoms with van der Waals surface area (Å²) < 4.78 is 1.58. The molecule has 1 saturated heterocycles. The molecule has 7 nitrogen and oxygen atoms in total. The second kappa shape index (κ2) is 5.57. The maximum Gasteiger partial charge on any atom is 0.256 e. The molecule has 2 atom stereocenters. The van der Waals surface area contributed by atoms with Gasteiger partial charge in [-0.1, -0.05) is 0 Å². The second-order valence-electron chi connectivity index (χ2n) is 5.42. The van der Waals surface area contributed by atoms with Crippen molar-refractivity contribution in [1.82, 2.24) is 29.6 Å². The van der Waals surface area contributed by atoms with E-state index < -0.39 is 0 Å². The molecule has 3 rings (SSSR count). The van der Waals surface area contributed by atoms with Gasteiger partial charge in [-0.25, -0.2) is 4.68 Å². The number of anilines is 1. The molecule has 1 aliphatic rings. The fourth-order valence-electron chi connectivity index (χ4n) is 2.53. The van der Waals surface area contributed by atoms with Gasteiger partial charge in [0, 0.05) is 37.6 Å². The predicted octanol–water partition coefficient (Wildman–Crippen LogP) is 1.24. The molecule has 8 heteroatoms. The summed E-state index contributed by atoms with van der Waals surface area (Å²) in [5.41, 5.74) is 0. The third kappa shape index (κ3) is 2.84. The molecular weight excluding hydrogens is 290 g/mol. The highest BCUT2D eigenvalue weighted by molar-refractivity contribution is 6.28. The van der Waals surface area contributed by atoms with Crippen molar-refractivity contribution in [2.75, 3.05) is 25.0 Å². The highest BCUT2D eigenvalue weighted by atomic mass is 35.5. The van der Waals surface area contributed by atoms with Gasteiger partial charge in [0.05, 0.1) is 0 Å². The Morgan fingerprint density at radius 3 is 2.38 bits per heavy atom. The standard InChI is InChI=1S/C13H18ClN7/c1-9-7-20(8-10(2)19(9)3)12-16-11(14)17-13(18-12)21-6-4-5-15-21/h4-6,9-10H,7-8H2,1-3H3. The van der Waals surface area contributed by atoms with Gasteiger partial charge in [-0.05, 0) is 38.6 Å². The molecule has 112 valence electrons. The number of piperazine rings is 1. The molecule has 0 amide bonds. The molecule has 3 heterocycles. The summed E-state index contributed by atoms with van der Waals surface area (Å²) in [4.78, 5) is 17.4. The summed E-state index contributed by atoms with van der Waals surface area (Å²) in [6.07, 6.45) is 3.46. The van der Waals surface area contributed by atoms with Crippen LogP contribution in [0.4, 0.5) is 5.95 Å². The van der Waals surface area contributed by atoms with Crippen molar-refractivity contribution in [2.24, 2.45) is 0 Å². The zero-order valence-corrected chi connectivity index (χ0v) is 13.1. The van der Waals surface area contributed by atoms with E-state index in [1.807, 2.05) is 6.07 Å². The lowest BCUT2D eigenvalue weighted by Gasteiger charge is -2.42. The number of likely N-dealkylation sites (N-methyl/N-ethyl adjacent to an activating group) is 1. The summed E-state index contributed by atoms with van der Waals surface area (Å²) >= 11 is 6.05. The van der Waals surface area contributed by atoms with Crippen LogP contribution in [0.5, 0.6) is 0 Å². The monoisotopic (exact) mass is 307 g/mol. The summed E-state index contributed by atoms with van der Waals surface area (Å²) in [7, 11) is 2.14. The Morgan fingerprint density at radius 2 is 1.76 bits per heavy atom. The molecule has 2 aromatic heterocycles. The van der Waals surface area contributed by atoms with Gasteiger partial charge in [0.25, 0.3) is 5.95 Å². The number of halogens is 1. The van der Waals surface area contributed by atoms with Crippen molar-refractivity contribution in [3.05, 3.63) is 23.7 Å². The molecule has 0 spiro atoms. The van der Waals surface area contributed by atoms with Crippen LogP contribution < -0.4 is 4.90 Å². The van der Waals surface area contributed by atoms with Crippen LogP contribution in [0.3, 0.4) is 0 Å². The van der Waals surface area contributed by atoms with Crippen molar-refractivity contribution < 1.29 is 0 Å². The van der Waals surface area contributed by atoms with E-state index in [1.165, 1.54) is 0 Å². The topological polar surface area (TPSA) is 63.0 Å². The van der Waals surface area contributed by atoms with Crippen LogP contribution in [0, 0.1) is 0 Å². The Kier molecular flexibility index (Phi) is 3.77. The fraction of sp³-hybridized carbons (Fsp3) is 0.538. The van der Waals surface area contributed by atoms with Crippen LogP contribution in [0.2, 0.25) is 5.28 Å².